The van der Waals surface area contributed by atoms with Crippen LogP contribution in [0.4, 0.5) is 4.39 Å². The van der Waals surface area contributed by atoms with E-state index in [0.717, 1.165) is 11.8 Å². The molecule has 4 heteroatoms. The molecular weight excluding hydrogens is 251 g/mol. The maximum Gasteiger partial charge on any atom is 0.321 e. The Kier molecular flexibility index (Phi) is 3.99. The lowest BCUT2D eigenvalue weighted by molar-refractivity contribution is -0.136. The Morgan fingerprint density at radius 3 is 2.28 bits per heavy atom. The first-order valence-corrected chi connectivity index (χ1v) is 6.25. The minimum atomic E-state index is -0.977. The van der Waals surface area contributed by atoms with Crippen LogP contribution in [0.1, 0.15) is 10.8 Å². The largest absolute Gasteiger partial charge is 0.480 e. The number of benzene rings is 2. The van der Waals surface area contributed by atoms with Gasteiger partial charge in [-0.2, -0.15) is 0 Å². The van der Waals surface area contributed by atoms with E-state index < -0.39 is 17.0 Å². The molecule has 0 aliphatic carbocycles. The number of carbonyl (C=O) groups is 1. The van der Waals surface area contributed by atoms with Gasteiger partial charge in [-0.3, -0.25) is 4.79 Å². The second-order valence-corrected chi connectivity index (χ2v) is 4.82. The van der Waals surface area contributed by atoms with Gasteiger partial charge in [0.2, 0.25) is 0 Å². The summed E-state index contributed by atoms with van der Waals surface area (Å²) in [4.78, 5) is 11.6. The lowest BCUT2D eigenvalue weighted by atomic mass is 10.1. The highest BCUT2D eigenvalue weighted by Gasteiger charge is 2.22. The Hall–Kier alpha value is -1.81. The average Bonchev–Trinajstić information content (AvgIpc) is 2.38. The number of thioether (sulfide) groups is 1. The summed E-state index contributed by atoms with van der Waals surface area (Å²) in [6.45, 7) is 0. The lowest BCUT2D eigenvalue weighted by Gasteiger charge is -2.12. The molecule has 2 nitrogen and oxygen atoms in total. The Bertz CT molecular complexity index is 543. The lowest BCUT2D eigenvalue weighted by Crippen LogP contribution is -2.08. The van der Waals surface area contributed by atoms with E-state index in [1.54, 1.807) is 42.5 Å². The summed E-state index contributed by atoms with van der Waals surface area (Å²) >= 11 is 1.00. The van der Waals surface area contributed by atoms with Crippen molar-refractivity contribution < 1.29 is 14.3 Å². The normalized spacial score (nSPS) is 12.1. The molecule has 0 bridgehead atoms. The van der Waals surface area contributed by atoms with Crippen molar-refractivity contribution in [2.24, 2.45) is 0 Å². The topological polar surface area (TPSA) is 37.3 Å². The fourth-order valence-corrected chi connectivity index (χ4v) is 2.54. The van der Waals surface area contributed by atoms with Gasteiger partial charge in [0.1, 0.15) is 11.1 Å². The highest BCUT2D eigenvalue weighted by atomic mass is 32.2. The Morgan fingerprint density at radius 2 is 1.67 bits per heavy atom. The monoisotopic (exact) mass is 262 g/mol. The van der Waals surface area contributed by atoms with Crippen LogP contribution in [-0.2, 0) is 4.79 Å². The molecule has 18 heavy (non-hydrogen) atoms. The van der Waals surface area contributed by atoms with E-state index in [-0.39, 0.29) is 0 Å². The molecule has 0 radical (unpaired) electrons. The van der Waals surface area contributed by atoms with Gasteiger partial charge in [0, 0.05) is 4.90 Å². The van der Waals surface area contributed by atoms with Gasteiger partial charge >= 0.3 is 5.97 Å². The maximum absolute atomic E-state index is 13.5. The summed E-state index contributed by atoms with van der Waals surface area (Å²) < 4.78 is 13.5. The summed E-state index contributed by atoms with van der Waals surface area (Å²) in [5.41, 5.74) is 0.651. The van der Waals surface area contributed by atoms with Crippen LogP contribution in [-0.4, -0.2) is 11.1 Å². The first-order valence-electron chi connectivity index (χ1n) is 5.37. The van der Waals surface area contributed by atoms with E-state index in [2.05, 4.69) is 0 Å². The van der Waals surface area contributed by atoms with E-state index in [4.69, 9.17) is 0 Å². The number of carboxylic acid groups (broad SMARTS) is 1. The Morgan fingerprint density at radius 1 is 1.06 bits per heavy atom. The van der Waals surface area contributed by atoms with Crippen LogP contribution in [0.25, 0.3) is 0 Å². The van der Waals surface area contributed by atoms with Crippen LogP contribution in [0.2, 0.25) is 0 Å². The van der Waals surface area contributed by atoms with Gasteiger partial charge in [-0.25, -0.2) is 4.39 Å². The van der Waals surface area contributed by atoms with Crippen molar-refractivity contribution in [1.82, 2.24) is 0 Å². The van der Waals surface area contributed by atoms with Gasteiger partial charge < -0.3 is 5.11 Å². The summed E-state index contributed by atoms with van der Waals surface area (Å²) in [6.07, 6.45) is 0. The van der Waals surface area contributed by atoms with Crippen molar-refractivity contribution in [3.05, 3.63) is 66.0 Å². The Balaban J connectivity index is 2.28. The minimum Gasteiger partial charge on any atom is -0.480 e. The van der Waals surface area contributed by atoms with Crippen LogP contribution >= 0.6 is 11.8 Å². The van der Waals surface area contributed by atoms with Crippen molar-refractivity contribution in [3.63, 3.8) is 0 Å². The van der Waals surface area contributed by atoms with Crippen LogP contribution in [0.5, 0.6) is 0 Å². The maximum atomic E-state index is 13.5. The summed E-state index contributed by atoms with van der Waals surface area (Å²) in [7, 11) is 0. The van der Waals surface area contributed by atoms with Crippen LogP contribution in [0.3, 0.4) is 0 Å². The molecule has 1 atom stereocenters. The standard InChI is InChI=1S/C14H11FO2S/c15-11-8-4-5-9-12(11)18-13(14(16)17)10-6-2-1-3-7-10/h1-9,13H,(H,16,17)/t13-/m0/s1. The second-order valence-electron chi connectivity index (χ2n) is 3.68. The van der Waals surface area contributed by atoms with Crippen molar-refractivity contribution in [2.75, 3.05) is 0 Å². The average molecular weight is 262 g/mol. The summed E-state index contributed by atoms with van der Waals surface area (Å²) in [5, 5.41) is 8.43. The molecule has 92 valence electrons. The third kappa shape index (κ3) is 2.90. The molecule has 0 aliphatic heterocycles. The number of hydrogen-bond acceptors (Lipinski definition) is 2. The molecule has 0 amide bonds. The fraction of sp³-hybridized carbons (Fsp3) is 0.0714. The van der Waals surface area contributed by atoms with E-state index in [1.165, 1.54) is 6.07 Å². The number of rotatable bonds is 4. The summed E-state index contributed by atoms with van der Waals surface area (Å²) in [5.74, 6) is -1.38. The van der Waals surface area contributed by atoms with Gasteiger partial charge in [-0.05, 0) is 17.7 Å². The number of hydrogen-bond donors (Lipinski definition) is 1. The minimum absolute atomic E-state index is 0.341. The van der Waals surface area contributed by atoms with Gasteiger partial charge in [-0.1, -0.05) is 42.5 Å². The van der Waals surface area contributed by atoms with Crippen LogP contribution in [0, 0.1) is 5.82 Å². The molecular formula is C14H11FO2S. The van der Waals surface area contributed by atoms with Gasteiger partial charge in [0.05, 0.1) is 0 Å². The highest BCUT2D eigenvalue weighted by Crippen LogP contribution is 2.36. The highest BCUT2D eigenvalue weighted by molar-refractivity contribution is 8.00. The molecule has 1 N–H and O–H groups in total. The number of halogens is 1. The molecule has 2 aromatic rings. The zero-order valence-electron chi connectivity index (χ0n) is 9.42. The van der Waals surface area contributed by atoms with Gasteiger partial charge in [0.15, 0.2) is 0 Å². The molecule has 2 rings (SSSR count). The molecule has 0 saturated heterocycles. The van der Waals surface area contributed by atoms with Crippen LogP contribution < -0.4 is 0 Å². The quantitative estimate of drug-likeness (QED) is 0.853. The summed E-state index contributed by atoms with van der Waals surface area (Å²) in [6, 6.07) is 15.0. The molecule has 0 unspecified atom stereocenters. The molecule has 0 saturated carbocycles. The van der Waals surface area contributed by atoms with E-state index >= 15 is 0 Å². The zero-order chi connectivity index (χ0) is 13.0. The SMILES string of the molecule is O=C(O)[C@@H](Sc1ccccc1F)c1ccccc1. The van der Waals surface area contributed by atoms with Crippen molar-refractivity contribution in [1.29, 1.82) is 0 Å². The van der Waals surface area contributed by atoms with E-state index in [9.17, 15) is 14.3 Å². The second kappa shape index (κ2) is 5.69. The van der Waals surface area contributed by atoms with E-state index in [1.807, 2.05) is 6.07 Å². The van der Waals surface area contributed by atoms with Crippen molar-refractivity contribution in [3.8, 4) is 0 Å². The molecule has 0 aliphatic rings. The van der Waals surface area contributed by atoms with Crippen molar-refractivity contribution >= 4 is 17.7 Å². The van der Waals surface area contributed by atoms with Gasteiger partial charge in [-0.15, -0.1) is 11.8 Å². The van der Waals surface area contributed by atoms with Crippen molar-refractivity contribution in [2.45, 2.75) is 10.1 Å². The van der Waals surface area contributed by atoms with E-state index in [0.29, 0.717) is 10.5 Å². The molecule has 0 spiro atoms. The first-order chi connectivity index (χ1) is 8.68. The predicted molar refractivity (Wildman–Crippen MR) is 69.1 cm³/mol. The fourth-order valence-electron chi connectivity index (χ4n) is 1.56. The molecule has 0 aromatic heterocycles. The third-order valence-electron chi connectivity index (χ3n) is 2.41. The zero-order valence-corrected chi connectivity index (χ0v) is 10.2. The first kappa shape index (κ1) is 12.6. The molecule has 0 fully saturated rings. The number of carboxylic acids is 1. The molecule has 0 heterocycles. The number of aliphatic carboxylic acids is 1. The molecule has 2 aromatic carbocycles. The van der Waals surface area contributed by atoms with Crippen LogP contribution in [0.15, 0.2) is 59.5 Å². The smallest absolute Gasteiger partial charge is 0.321 e. The van der Waals surface area contributed by atoms with Gasteiger partial charge in [0.25, 0.3) is 0 Å². The predicted octanol–water partition coefficient (Wildman–Crippen LogP) is 3.74. The Labute approximate surface area is 108 Å². The third-order valence-corrected chi connectivity index (χ3v) is 3.70.